The molecule has 0 saturated heterocycles. The summed E-state index contributed by atoms with van der Waals surface area (Å²) in [5.41, 5.74) is -0.207. The first-order chi connectivity index (χ1) is 7.80. The first-order valence-electron chi connectivity index (χ1n) is 4.74. The lowest BCUT2D eigenvalue weighted by Gasteiger charge is -2.27. The Bertz CT molecular complexity index is 371. The lowest BCUT2D eigenvalue weighted by Crippen LogP contribution is -2.42. The van der Waals surface area contributed by atoms with Gasteiger partial charge in [-0.3, -0.25) is 0 Å². The van der Waals surface area contributed by atoms with Crippen LogP contribution in [0.3, 0.4) is 0 Å². The molecule has 1 aromatic carbocycles. The van der Waals surface area contributed by atoms with Gasteiger partial charge in [0.15, 0.2) is 0 Å². The third kappa shape index (κ3) is 2.81. The van der Waals surface area contributed by atoms with Gasteiger partial charge in [0.25, 0.3) is 0 Å². The molecule has 0 saturated carbocycles. The normalized spacial score (nSPS) is 14.4. The van der Waals surface area contributed by atoms with E-state index in [2.05, 4.69) is 0 Å². The molecule has 0 aromatic heterocycles. The number of carbonyl (C=O) groups excluding carboxylic acids is 1. The van der Waals surface area contributed by atoms with Crippen molar-refractivity contribution in [2.24, 2.45) is 0 Å². The molecule has 0 aliphatic rings. The maximum atomic E-state index is 13.2. The van der Waals surface area contributed by atoms with Crippen LogP contribution in [-0.4, -0.2) is 18.4 Å². The van der Waals surface area contributed by atoms with Crippen LogP contribution in [0.15, 0.2) is 30.3 Å². The topological polar surface area (TPSA) is 17.1 Å². The average Bonchev–Trinajstić information content (AvgIpc) is 2.25. The lowest BCUT2D eigenvalue weighted by molar-refractivity contribution is -0.291. The van der Waals surface area contributed by atoms with Crippen molar-refractivity contribution >= 4 is 6.29 Å². The van der Waals surface area contributed by atoms with E-state index in [9.17, 15) is 26.7 Å². The van der Waals surface area contributed by atoms with Gasteiger partial charge in [0.2, 0.25) is 0 Å². The van der Waals surface area contributed by atoms with Crippen LogP contribution >= 0.6 is 0 Å². The number of alkyl halides is 5. The highest BCUT2D eigenvalue weighted by molar-refractivity contribution is 5.52. The second-order valence-electron chi connectivity index (χ2n) is 3.49. The molecule has 1 atom stereocenters. The zero-order valence-electron chi connectivity index (χ0n) is 8.55. The SMILES string of the molecule is O=CCC(c1ccccc1)C(F)(F)C(F)(F)F. The minimum atomic E-state index is -5.67. The van der Waals surface area contributed by atoms with Gasteiger partial charge < -0.3 is 4.79 Å². The number of hydrogen-bond donors (Lipinski definition) is 0. The fourth-order valence-electron chi connectivity index (χ4n) is 1.47. The molecule has 17 heavy (non-hydrogen) atoms. The molecule has 0 amide bonds. The second kappa shape index (κ2) is 4.81. The molecule has 1 rings (SSSR count). The Morgan fingerprint density at radius 1 is 1.06 bits per heavy atom. The van der Waals surface area contributed by atoms with Crippen LogP contribution < -0.4 is 0 Å². The molecule has 6 heteroatoms. The Balaban J connectivity index is 3.14. The van der Waals surface area contributed by atoms with E-state index in [0.29, 0.717) is 0 Å². The van der Waals surface area contributed by atoms with Crippen LogP contribution in [-0.2, 0) is 4.79 Å². The fourth-order valence-corrected chi connectivity index (χ4v) is 1.47. The smallest absolute Gasteiger partial charge is 0.303 e. The van der Waals surface area contributed by atoms with E-state index in [0.717, 1.165) is 12.1 Å². The molecule has 1 aromatic rings. The summed E-state index contributed by atoms with van der Waals surface area (Å²) in [4.78, 5) is 10.3. The summed E-state index contributed by atoms with van der Waals surface area (Å²) in [6.07, 6.45) is -6.48. The van der Waals surface area contributed by atoms with Crippen LogP contribution in [0.1, 0.15) is 17.9 Å². The molecule has 94 valence electrons. The molecule has 0 radical (unpaired) electrons. The summed E-state index contributed by atoms with van der Waals surface area (Å²) in [7, 11) is 0. The summed E-state index contributed by atoms with van der Waals surface area (Å²) >= 11 is 0. The van der Waals surface area contributed by atoms with Crippen LogP contribution in [0, 0.1) is 0 Å². The van der Waals surface area contributed by atoms with Gasteiger partial charge in [0, 0.05) is 6.42 Å². The van der Waals surface area contributed by atoms with Crippen molar-refractivity contribution in [1.29, 1.82) is 0 Å². The van der Waals surface area contributed by atoms with E-state index in [1.54, 1.807) is 0 Å². The summed E-state index contributed by atoms with van der Waals surface area (Å²) in [5.74, 6) is -7.10. The Hall–Kier alpha value is -1.46. The van der Waals surface area contributed by atoms with Crippen LogP contribution in [0.5, 0.6) is 0 Å². The number of carbonyl (C=O) groups is 1. The van der Waals surface area contributed by atoms with E-state index in [1.165, 1.54) is 18.2 Å². The van der Waals surface area contributed by atoms with Crippen LogP contribution in [0.2, 0.25) is 0 Å². The number of hydrogen-bond acceptors (Lipinski definition) is 1. The maximum absolute atomic E-state index is 13.2. The first kappa shape index (κ1) is 13.6. The third-order valence-electron chi connectivity index (χ3n) is 2.35. The van der Waals surface area contributed by atoms with Crippen molar-refractivity contribution in [3.05, 3.63) is 35.9 Å². The van der Waals surface area contributed by atoms with E-state index >= 15 is 0 Å². The summed E-state index contributed by atoms with van der Waals surface area (Å²) in [6.45, 7) is 0. The summed E-state index contributed by atoms with van der Waals surface area (Å²) < 4.78 is 63.0. The van der Waals surface area contributed by atoms with Gasteiger partial charge in [-0.1, -0.05) is 30.3 Å². The van der Waals surface area contributed by atoms with Crippen molar-refractivity contribution < 1.29 is 26.7 Å². The molecule has 0 aliphatic heterocycles. The Labute approximate surface area is 94.2 Å². The van der Waals surface area contributed by atoms with Gasteiger partial charge in [-0.05, 0) is 5.56 Å². The van der Waals surface area contributed by atoms with Crippen molar-refractivity contribution in [1.82, 2.24) is 0 Å². The molecule has 1 unspecified atom stereocenters. The van der Waals surface area contributed by atoms with E-state index in [4.69, 9.17) is 0 Å². The monoisotopic (exact) mass is 252 g/mol. The van der Waals surface area contributed by atoms with E-state index in [-0.39, 0.29) is 11.8 Å². The lowest BCUT2D eigenvalue weighted by atomic mass is 9.89. The summed E-state index contributed by atoms with van der Waals surface area (Å²) in [5, 5.41) is 0. The predicted molar refractivity (Wildman–Crippen MR) is 50.9 cm³/mol. The van der Waals surface area contributed by atoms with E-state index < -0.39 is 24.4 Å². The first-order valence-corrected chi connectivity index (χ1v) is 4.74. The highest BCUT2D eigenvalue weighted by Crippen LogP contribution is 2.46. The van der Waals surface area contributed by atoms with E-state index in [1.807, 2.05) is 0 Å². The molecule has 0 spiro atoms. The van der Waals surface area contributed by atoms with Crippen LogP contribution in [0.4, 0.5) is 22.0 Å². The predicted octanol–water partition coefficient (Wildman–Crippen LogP) is 3.56. The summed E-state index contributed by atoms with van der Waals surface area (Å²) in [6, 6.07) is 6.48. The Morgan fingerprint density at radius 3 is 2.00 bits per heavy atom. The minimum absolute atomic E-state index is 0.0668. The molecular formula is C11H9F5O. The molecule has 0 heterocycles. The molecule has 1 nitrogen and oxygen atoms in total. The average molecular weight is 252 g/mol. The van der Waals surface area contributed by atoms with Gasteiger partial charge in [-0.25, -0.2) is 0 Å². The van der Waals surface area contributed by atoms with Crippen molar-refractivity contribution in [2.45, 2.75) is 24.4 Å². The highest BCUT2D eigenvalue weighted by Gasteiger charge is 2.62. The Kier molecular flexibility index (Phi) is 3.85. The van der Waals surface area contributed by atoms with Gasteiger partial charge in [0.1, 0.15) is 6.29 Å². The molecule has 0 N–H and O–H groups in total. The van der Waals surface area contributed by atoms with Gasteiger partial charge >= 0.3 is 12.1 Å². The number of aldehydes is 1. The molecule has 0 aliphatic carbocycles. The standard InChI is InChI=1S/C11H9F5O/c12-10(13,11(14,15)16)9(6-7-17)8-4-2-1-3-5-8/h1-5,7,9H,6H2. The number of benzene rings is 1. The number of rotatable bonds is 4. The van der Waals surface area contributed by atoms with Gasteiger partial charge in [-0.2, -0.15) is 22.0 Å². The zero-order chi connectivity index (χ0) is 13.1. The molecular weight excluding hydrogens is 243 g/mol. The van der Waals surface area contributed by atoms with Crippen molar-refractivity contribution in [3.8, 4) is 0 Å². The molecule has 0 fully saturated rings. The van der Waals surface area contributed by atoms with Gasteiger partial charge in [-0.15, -0.1) is 0 Å². The quantitative estimate of drug-likeness (QED) is 0.591. The Morgan fingerprint density at radius 2 is 1.59 bits per heavy atom. The maximum Gasteiger partial charge on any atom is 0.453 e. The minimum Gasteiger partial charge on any atom is -0.303 e. The third-order valence-corrected chi connectivity index (χ3v) is 2.35. The van der Waals surface area contributed by atoms with Gasteiger partial charge in [0.05, 0.1) is 5.92 Å². The highest BCUT2D eigenvalue weighted by atomic mass is 19.4. The van der Waals surface area contributed by atoms with Crippen molar-refractivity contribution in [2.75, 3.05) is 0 Å². The number of halogens is 5. The molecule has 0 bridgehead atoms. The zero-order valence-corrected chi connectivity index (χ0v) is 8.55. The largest absolute Gasteiger partial charge is 0.453 e. The second-order valence-corrected chi connectivity index (χ2v) is 3.49. The van der Waals surface area contributed by atoms with Crippen LogP contribution in [0.25, 0.3) is 0 Å². The fraction of sp³-hybridized carbons (Fsp3) is 0.364. The van der Waals surface area contributed by atoms with Crippen molar-refractivity contribution in [3.63, 3.8) is 0 Å².